The Morgan fingerprint density at radius 2 is 1.92 bits per heavy atom. The molecule has 0 radical (unpaired) electrons. The highest BCUT2D eigenvalue weighted by Gasteiger charge is 2.12. The molecule has 2 N–H and O–H groups in total. The zero-order valence-corrected chi connectivity index (χ0v) is 16.4. The van der Waals surface area contributed by atoms with Crippen molar-refractivity contribution in [1.82, 2.24) is 19.8 Å². The first kappa shape index (κ1) is 19.9. The van der Waals surface area contributed by atoms with Gasteiger partial charge in [-0.1, -0.05) is 29.8 Å². The van der Waals surface area contributed by atoms with Crippen LogP contribution in [0.1, 0.15) is 28.9 Å². The van der Waals surface area contributed by atoms with Crippen LogP contribution in [0.15, 0.2) is 24.3 Å². The average Bonchev–Trinajstić information content (AvgIpc) is 2.79. The van der Waals surface area contributed by atoms with Crippen molar-refractivity contribution in [1.29, 1.82) is 0 Å². The van der Waals surface area contributed by atoms with Crippen LogP contribution in [0.3, 0.4) is 0 Å². The third-order valence-electron chi connectivity index (χ3n) is 4.01. The second-order valence-corrected chi connectivity index (χ2v) is 8.34. The van der Waals surface area contributed by atoms with Crippen LogP contribution >= 0.6 is 11.6 Å². The van der Waals surface area contributed by atoms with Crippen LogP contribution in [-0.2, 0) is 23.1 Å². The summed E-state index contributed by atoms with van der Waals surface area (Å²) in [6.45, 7) is 6.58. The first-order valence-corrected chi connectivity index (χ1v) is 10.5. The Bertz CT molecular complexity index is 818. The number of halogens is 1. The van der Waals surface area contributed by atoms with Gasteiger partial charge in [0.1, 0.15) is 0 Å². The minimum absolute atomic E-state index is 0.440. The molecule has 8 heteroatoms. The molecule has 2 rings (SSSR count). The minimum Gasteiger partial charge on any atom is -0.312 e. The third kappa shape index (κ3) is 6.11. The summed E-state index contributed by atoms with van der Waals surface area (Å²) >= 11 is 6.24. The summed E-state index contributed by atoms with van der Waals surface area (Å²) in [5, 5.41) is 8.71. The van der Waals surface area contributed by atoms with Gasteiger partial charge in [-0.2, -0.15) is 5.10 Å². The molecule has 138 valence electrons. The lowest BCUT2D eigenvalue weighted by atomic mass is 10.2. The van der Waals surface area contributed by atoms with Crippen molar-refractivity contribution in [3.05, 3.63) is 51.8 Å². The molecule has 2 aromatic rings. The molecule has 6 nitrogen and oxygen atoms in total. The van der Waals surface area contributed by atoms with Gasteiger partial charge in [0, 0.05) is 29.4 Å². The molecule has 0 bridgehead atoms. The minimum atomic E-state index is -3.11. The van der Waals surface area contributed by atoms with Crippen molar-refractivity contribution in [2.75, 3.05) is 19.3 Å². The molecule has 0 amide bonds. The van der Waals surface area contributed by atoms with Gasteiger partial charge in [0.2, 0.25) is 10.0 Å². The summed E-state index contributed by atoms with van der Waals surface area (Å²) in [7, 11) is -3.11. The number of rotatable bonds is 9. The number of hydrogen-bond donors (Lipinski definition) is 2. The first-order chi connectivity index (χ1) is 11.8. The van der Waals surface area contributed by atoms with E-state index < -0.39 is 10.0 Å². The van der Waals surface area contributed by atoms with E-state index >= 15 is 0 Å². The summed E-state index contributed by atoms with van der Waals surface area (Å²) in [6.07, 6.45) is 1.90. The van der Waals surface area contributed by atoms with Gasteiger partial charge in [-0.05, 0) is 38.4 Å². The van der Waals surface area contributed by atoms with E-state index in [0.29, 0.717) is 19.6 Å². The zero-order valence-electron chi connectivity index (χ0n) is 14.8. The fraction of sp³-hybridized carbons (Fsp3) is 0.471. The average molecular weight is 385 g/mol. The number of aromatic nitrogens is 2. The number of sulfonamides is 1. The largest absolute Gasteiger partial charge is 0.312 e. The van der Waals surface area contributed by atoms with Gasteiger partial charge in [-0.3, -0.25) is 4.68 Å². The predicted molar refractivity (Wildman–Crippen MR) is 101 cm³/mol. The van der Waals surface area contributed by atoms with E-state index in [1.807, 2.05) is 35.9 Å². The molecule has 0 fully saturated rings. The fourth-order valence-electron chi connectivity index (χ4n) is 2.62. The molecular weight excluding hydrogens is 360 g/mol. The number of hydrogen-bond acceptors (Lipinski definition) is 4. The van der Waals surface area contributed by atoms with Crippen molar-refractivity contribution in [3.63, 3.8) is 0 Å². The van der Waals surface area contributed by atoms with Crippen molar-refractivity contribution in [2.24, 2.45) is 0 Å². The normalized spacial score (nSPS) is 11.8. The summed E-state index contributed by atoms with van der Waals surface area (Å²) in [5.41, 5.74) is 4.31. The number of aryl methyl sites for hydroxylation is 1. The quantitative estimate of drug-likeness (QED) is 0.650. The van der Waals surface area contributed by atoms with Crippen LogP contribution in [0.5, 0.6) is 0 Å². The molecule has 0 saturated heterocycles. The maximum atomic E-state index is 11.0. The molecule has 0 atom stereocenters. The Labute approximate surface area is 154 Å². The molecule has 0 saturated carbocycles. The number of benzene rings is 1. The van der Waals surface area contributed by atoms with Crippen molar-refractivity contribution >= 4 is 21.6 Å². The molecule has 0 aliphatic carbocycles. The van der Waals surface area contributed by atoms with Crippen LogP contribution in [0.2, 0.25) is 5.02 Å². The van der Waals surface area contributed by atoms with Crippen molar-refractivity contribution in [2.45, 2.75) is 33.4 Å². The molecule has 1 aromatic heterocycles. The van der Waals surface area contributed by atoms with E-state index in [-0.39, 0.29) is 0 Å². The standard InChI is InChI=1S/C17H25ClN4O2S/c1-13-16(11-19-9-6-10-20-25(3,23)24)14(2)22(21-13)12-15-7-4-5-8-17(15)18/h4-5,7-8,19-20H,6,9-12H2,1-3H3. The highest BCUT2D eigenvalue weighted by atomic mass is 35.5. The summed E-state index contributed by atoms with van der Waals surface area (Å²) in [4.78, 5) is 0. The molecule has 1 heterocycles. The van der Waals surface area contributed by atoms with Gasteiger partial charge in [-0.15, -0.1) is 0 Å². The van der Waals surface area contributed by atoms with Crippen LogP contribution in [0, 0.1) is 13.8 Å². The van der Waals surface area contributed by atoms with Crippen LogP contribution in [-0.4, -0.2) is 37.5 Å². The van der Waals surface area contributed by atoms with Gasteiger partial charge in [0.25, 0.3) is 0 Å². The Kier molecular flexibility index (Phi) is 7.01. The summed E-state index contributed by atoms with van der Waals surface area (Å²) in [5.74, 6) is 0. The van der Waals surface area contributed by atoms with E-state index in [9.17, 15) is 8.42 Å². The van der Waals surface area contributed by atoms with E-state index in [0.717, 1.165) is 34.9 Å². The molecule has 1 aromatic carbocycles. The third-order valence-corrected chi connectivity index (χ3v) is 5.10. The lowest BCUT2D eigenvalue weighted by Gasteiger charge is -2.08. The van der Waals surface area contributed by atoms with E-state index in [1.165, 1.54) is 11.8 Å². The SMILES string of the molecule is Cc1nn(Cc2ccccc2Cl)c(C)c1CNCCCNS(C)(=O)=O. The van der Waals surface area contributed by atoms with E-state index in [4.69, 9.17) is 11.6 Å². The Hall–Kier alpha value is -1.41. The lowest BCUT2D eigenvalue weighted by molar-refractivity contribution is 0.579. The maximum absolute atomic E-state index is 11.0. The van der Waals surface area contributed by atoms with Crippen LogP contribution in [0.25, 0.3) is 0 Å². The molecule has 0 aliphatic heterocycles. The van der Waals surface area contributed by atoms with Crippen LogP contribution in [0.4, 0.5) is 0 Å². The Morgan fingerprint density at radius 1 is 1.20 bits per heavy atom. The van der Waals surface area contributed by atoms with Crippen molar-refractivity contribution < 1.29 is 8.42 Å². The highest BCUT2D eigenvalue weighted by molar-refractivity contribution is 7.88. The van der Waals surface area contributed by atoms with Gasteiger partial charge < -0.3 is 5.32 Å². The predicted octanol–water partition coefficient (Wildman–Crippen LogP) is 2.23. The smallest absolute Gasteiger partial charge is 0.208 e. The molecule has 25 heavy (non-hydrogen) atoms. The zero-order chi connectivity index (χ0) is 18.4. The lowest BCUT2D eigenvalue weighted by Crippen LogP contribution is -2.26. The highest BCUT2D eigenvalue weighted by Crippen LogP contribution is 2.19. The molecule has 0 unspecified atom stereocenters. The van der Waals surface area contributed by atoms with Gasteiger partial charge in [-0.25, -0.2) is 13.1 Å². The van der Waals surface area contributed by atoms with E-state index in [2.05, 4.69) is 22.1 Å². The van der Waals surface area contributed by atoms with Crippen molar-refractivity contribution in [3.8, 4) is 0 Å². The summed E-state index contributed by atoms with van der Waals surface area (Å²) < 4.78 is 26.5. The second kappa shape index (κ2) is 8.80. The second-order valence-electron chi connectivity index (χ2n) is 6.10. The monoisotopic (exact) mass is 384 g/mol. The number of nitrogens with one attached hydrogen (secondary N) is 2. The van der Waals surface area contributed by atoms with Gasteiger partial charge in [0.15, 0.2) is 0 Å². The molecular formula is C17H25ClN4O2S. The first-order valence-electron chi connectivity index (χ1n) is 8.19. The van der Waals surface area contributed by atoms with Gasteiger partial charge in [0.05, 0.1) is 18.5 Å². The Morgan fingerprint density at radius 3 is 2.60 bits per heavy atom. The maximum Gasteiger partial charge on any atom is 0.208 e. The molecule has 0 spiro atoms. The number of nitrogens with zero attached hydrogens (tertiary/aromatic N) is 2. The fourth-order valence-corrected chi connectivity index (χ4v) is 3.33. The Balaban J connectivity index is 1.90. The van der Waals surface area contributed by atoms with Crippen LogP contribution < -0.4 is 10.0 Å². The molecule has 0 aliphatic rings. The van der Waals surface area contributed by atoms with E-state index in [1.54, 1.807) is 0 Å². The topological polar surface area (TPSA) is 76.0 Å². The summed E-state index contributed by atoms with van der Waals surface area (Å²) in [6, 6.07) is 7.78. The van der Waals surface area contributed by atoms with Gasteiger partial charge >= 0.3 is 0 Å².